The van der Waals surface area contributed by atoms with E-state index >= 15 is 0 Å². The van der Waals surface area contributed by atoms with E-state index in [0.29, 0.717) is 40.2 Å². The molecule has 2 aromatic carbocycles. The van der Waals surface area contributed by atoms with Gasteiger partial charge >= 0.3 is 0 Å². The zero-order valence-corrected chi connectivity index (χ0v) is 50.1. The van der Waals surface area contributed by atoms with Crippen LogP contribution in [0.15, 0.2) is 97.0 Å². The molecule has 0 fully saturated rings. The molecule has 0 amide bonds. The third kappa shape index (κ3) is 22.8. The van der Waals surface area contributed by atoms with Crippen molar-refractivity contribution in [2.24, 2.45) is 5.73 Å². The Bertz CT molecular complexity index is 2960. The lowest BCUT2D eigenvalue weighted by molar-refractivity contribution is 0.0399. The first kappa shape index (κ1) is 69.4. The number of para-hydroxylation sites is 2. The van der Waals surface area contributed by atoms with E-state index in [1.54, 1.807) is 33.5 Å². The van der Waals surface area contributed by atoms with Gasteiger partial charge in [0.05, 0.1) is 73.7 Å². The van der Waals surface area contributed by atoms with Gasteiger partial charge in [-0.3, -0.25) is 30.2 Å². The number of nitrogens with one attached hydrogen (secondary N) is 2. The van der Waals surface area contributed by atoms with Gasteiger partial charge in [-0.2, -0.15) is 15.5 Å². The first-order valence-corrected chi connectivity index (χ1v) is 25.1. The number of hydrogen-bond acceptors (Lipinski definition) is 20. The van der Waals surface area contributed by atoms with Crippen LogP contribution in [-0.2, 0) is 0 Å². The van der Waals surface area contributed by atoms with Gasteiger partial charge in [0.2, 0.25) is 17.8 Å². The van der Waals surface area contributed by atoms with Crippen LogP contribution < -0.4 is 56.7 Å². The topological polar surface area (TPSA) is 314 Å². The molecule has 0 aliphatic rings. The van der Waals surface area contributed by atoms with Crippen LogP contribution in [-0.4, -0.2) is 102 Å². The molecule has 10 N–H and O–H groups in total. The number of nitrogen functional groups attached to an aromatic ring is 3. The Morgan fingerprint density at radius 3 is 1.43 bits per heavy atom. The van der Waals surface area contributed by atoms with Crippen molar-refractivity contribution in [2.75, 3.05) is 72.0 Å². The number of halogens is 1. The average molecular weight is 1120 g/mol. The summed E-state index contributed by atoms with van der Waals surface area (Å²) in [6.07, 6.45) is 2.15. The second-order valence-corrected chi connectivity index (χ2v) is 18.9. The molecular formula is C58H82ClN15O6. The number of aryl methyl sites for hydroxylation is 3. The average Bonchev–Trinajstić information content (AvgIpc) is 3.39. The molecule has 4 aromatic heterocycles. The Balaban J connectivity index is 0.000000543. The van der Waals surface area contributed by atoms with Crippen LogP contribution >= 0.6 is 12.4 Å². The van der Waals surface area contributed by atoms with Crippen molar-refractivity contribution in [2.45, 2.75) is 99.3 Å². The first-order chi connectivity index (χ1) is 37.3. The van der Waals surface area contributed by atoms with Gasteiger partial charge in [0.15, 0.2) is 23.1 Å². The highest BCUT2D eigenvalue weighted by Crippen LogP contribution is 2.36. The molecule has 1 unspecified atom stereocenters. The van der Waals surface area contributed by atoms with Crippen LogP contribution in [0.2, 0.25) is 0 Å². The molecule has 432 valence electrons. The highest BCUT2D eigenvalue weighted by atomic mass is 35.5. The number of aromatic nitrogens is 5. The van der Waals surface area contributed by atoms with Gasteiger partial charge < -0.3 is 56.7 Å². The van der Waals surface area contributed by atoms with E-state index in [0.717, 1.165) is 45.5 Å². The second kappa shape index (κ2) is 35.0. The molecular weight excluding hydrogens is 1040 g/mol. The quantitative estimate of drug-likeness (QED) is 0.0123. The van der Waals surface area contributed by atoms with Crippen LogP contribution in [0.3, 0.4) is 0 Å². The summed E-state index contributed by atoms with van der Waals surface area (Å²) in [5.74, 6) is 5.07. The molecule has 21 nitrogen and oxygen atoms in total. The number of nitriles is 2. The van der Waals surface area contributed by atoms with Gasteiger partial charge in [0.25, 0.3) is 0 Å². The number of methoxy groups -OCH3 is 3. The van der Waals surface area contributed by atoms with E-state index in [1.165, 1.54) is 19.3 Å². The number of hydrogen-bond donors (Lipinski definition) is 6. The third-order valence-corrected chi connectivity index (χ3v) is 10.8. The van der Waals surface area contributed by atoms with Gasteiger partial charge in [0, 0.05) is 29.6 Å². The van der Waals surface area contributed by atoms with Crippen molar-refractivity contribution in [3.63, 3.8) is 0 Å². The summed E-state index contributed by atoms with van der Waals surface area (Å²) in [5, 5.41) is 28.2. The number of nitrogens with zero attached hydrogens (tertiary/aromatic N) is 9. The molecule has 0 bridgehead atoms. The predicted octanol–water partition coefficient (Wildman–Crippen LogP) is 10.5. The minimum Gasteiger partial charge on any atom is -0.495 e. The van der Waals surface area contributed by atoms with Crippen molar-refractivity contribution >= 4 is 41.4 Å². The van der Waals surface area contributed by atoms with E-state index in [9.17, 15) is 10.5 Å². The fourth-order valence-electron chi connectivity index (χ4n) is 7.11. The molecule has 0 radical (unpaired) electrons. The minimum atomic E-state index is -0.647. The zero-order chi connectivity index (χ0) is 59.5. The first-order valence-electron chi connectivity index (χ1n) is 25.1. The lowest BCUT2D eigenvalue weighted by Crippen LogP contribution is -2.50. The van der Waals surface area contributed by atoms with Gasteiger partial charge in [-0.05, 0) is 97.9 Å². The number of nitrogens with two attached hydrogens (primary N) is 4. The van der Waals surface area contributed by atoms with Crippen LogP contribution in [0.5, 0.6) is 40.2 Å². The molecule has 0 aliphatic heterocycles. The summed E-state index contributed by atoms with van der Waals surface area (Å²) < 4.78 is 33.6. The summed E-state index contributed by atoms with van der Waals surface area (Å²) in [5.41, 5.74) is 27.8. The van der Waals surface area contributed by atoms with E-state index < -0.39 is 6.10 Å². The molecule has 0 saturated heterocycles. The minimum absolute atomic E-state index is 0. The number of ether oxygens (including phenoxy) is 6. The number of likely N-dealkylation sites (N-methyl/N-ethyl adjacent to an activating group) is 2. The molecule has 0 spiro atoms. The van der Waals surface area contributed by atoms with Gasteiger partial charge in [-0.25, -0.2) is 4.98 Å². The van der Waals surface area contributed by atoms with Crippen molar-refractivity contribution < 1.29 is 28.4 Å². The predicted molar refractivity (Wildman–Crippen MR) is 321 cm³/mol. The van der Waals surface area contributed by atoms with Crippen LogP contribution in [0.25, 0.3) is 0 Å². The van der Waals surface area contributed by atoms with Gasteiger partial charge in [-0.1, -0.05) is 77.9 Å². The monoisotopic (exact) mass is 1120 g/mol. The maximum Gasteiger partial charge on any atom is 0.222 e. The fourth-order valence-corrected chi connectivity index (χ4v) is 7.11. The Labute approximate surface area is 479 Å². The summed E-state index contributed by atoms with van der Waals surface area (Å²) in [6.45, 7) is 19.4. The highest BCUT2D eigenvalue weighted by molar-refractivity contribution is 5.85. The van der Waals surface area contributed by atoms with Crippen LogP contribution in [0.1, 0.15) is 100 Å². The Morgan fingerprint density at radius 1 is 0.637 bits per heavy atom. The van der Waals surface area contributed by atoms with Crippen molar-refractivity contribution in [1.29, 1.82) is 15.9 Å². The number of benzene rings is 2. The van der Waals surface area contributed by atoms with Crippen molar-refractivity contribution in [3.05, 3.63) is 131 Å². The number of amidine groups is 1. The van der Waals surface area contributed by atoms with Crippen LogP contribution in [0.4, 0.5) is 23.1 Å². The molecule has 6 rings (SSSR count). The molecule has 0 aliphatic carbocycles. The normalized spacial score (nSPS) is 10.9. The number of anilines is 4. The van der Waals surface area contributed by atoms with Crippen molar-refractivity contribution in [3.8, 4) is 52.4 Å². The molecule has 0 saturated carbocycles. The standard InChI is InChI=1S/C19H21N3O2.C17H28N4O2.C14H19N5O2.C6H7N.C2H6N2.ClH/c1-13(2)19-18(10-17(23-4)14(3)22-19)24-16(11-20)12-21-15-8-6-5-7-9-15;1-11(2)16-14(9-13(22-8)12(3)19-16)23-15(10-18)17(20(4)5)21(6)7;1-7(2)12-10(5-9(20-4)8(3)18-12)21-11-6-17-14(16)19-13(11)15;7-6-4-2-1-3-5-6;1-2(3)4;/h5-10,12-13,21H,1-4H3;9,11,15,17H,1-8H3;5-7H,1-4H3,(H4,15,16,17,19);1-5H,7H2;1H3,(H3,3,4);1H/b16-12+;;;;;. The summed E-state index contributed by atoms with van der Waals surface area (Å²) in [7, 11) is 12.5. The smallest absolute Gasteiger partial charge is 0.222 e. The van der Waals surface area contributed by atoms with Gasteiger partial charge in [-0.15, -0.1) is 12.4 Å². The molecule has 4 heterocycles. The molecule has 6 aromatic rings. The second-order valence-electron chi connectivity index (χ2n) is 18.9. The van der Waals surface area contributed by atoms with E-state index in [2.05, 4.69) is 50.2 Å². The summed E-state index contributed by atoms with van der Waals surface area (Å²) in [4.78, 5) is 25.3. The SMILES string of the molecule is CC(=N)N.COc1cc(O/C(C#N)=C/Nc2ccccc2)c(C(C)C)nc1C.COc1cc(OC(C#N)C(N(C)C)N(C)C)c(C(C)C)nc1C.COc1cc(Oc2cnc(N)nc2N)c(C(C)C)nc1C.Cl.Nc1ccccc1. The lowest BCUT2D eigenvalue weighted by atomic mass is 10.1. The number of pyridine rings is 3. The van der Waals surface area contributed by atoms with Crippen LogP contribution in [0, 0.1) is 48.8 Å². The number of allylic oxidation sites excluding steroid dienone is 1. The van der Waals surface area contributed by atoms with E-state index in [-0.39, 0.29) is 59.7 Å². The molecule has 1 atom stereocenters. The largest absolute Gasteiger partial charge is 0.495 e. The third-order valence-electron chi connectivity index (χ3n) is 10.8. The maximum atomic E-state index is 9.59. The molecule has 22 heteroatoms. The zero-order valence-electron chi connectivity index (χ0n) is 49.2. The highest BCUT2D eigenvalue weighted by Gasteiger charge is 2.29. The molecule has 80 heavy (non-hydrogen) atoms. The Hall–Kier alpha value is -8.63. The Morgan fingerprint density at radius 2 is 1.05 bits per heavy atom. The summed E-state index contributed by atoms with van der Waals surface area (Å²) >= 11 is 0. The summed E-state index contributed by atoms with van der Waals surface area (Å²) in [6, 6.07) is 28.7. The van der Waals surface area contributed by atoms with E-state index in [4.69, 9.17) is 56.8 Å². The lowest BCUT2D eigenvalue weighted by Gasteiger charge is -2.34. The Kier molecular flexibility index (Phi) is 30.4. The fraction of sp³-hybridized carbons (Fsp3) is 0.379. The van der Waals surface area contributed by atoms with Gasteiger partial charge in [0.1, 0.15) is 41.3 Å². The maximum absolute atomic E-state index is 9.59. The van der Waals surface area contributed by atoms with E-state index in [1.807, 2.05) is 159 Å². The number of rotatable bonds is 17. The van der Waals surface area contributed by atoms with Crippen molar-refractivity contribution in [1.82, 2.24) is 34.7 Å².